The largest absolute Gasteiger partial charge is 0.309 e. The third-order valence-corrected chi connectivity index (χ3v) is 7.60. The number of carbonyl (C=O) groups is 2. The molecule has 0 aromatic carbocycles. The number of nitrogens with one attached hydrogen (secondary N) is 2. The molecule has 1 spiro atoms. The number of amides is 2. The fourth-order valence-electron chi connectivity index (χ4n) is 5.69. The lowest BCUT2D eigenvalue weighted by Crippen LogP contribution is -2.46. The molecular formula is C29H32N8O2. The van der Waals surface area contributed by atoms with Gasteiger partial charge in [-0.15, -0.1) is 10.2 Å². The average Bonchev–Trinajstić information content (AvgIpc) is 2.90. The van der Waals surface area contributed by atoms with Gasteiger partial charge in [0.1, 0.15) is 0 Å². The topological polar surface area (TPSA) is 136 Å². The zero-order valence-corrected chi connectivity index (χ0v) is 21.3. The Hall–Kier alpha value is -4.60. The van der Waals surface area contributed by atoms with Gasteiger partial charge in [0.15, 0.2) is 11.6 Å². The van der Waals surface area contributed by atoms with Crippen LogP contribution in [-0.2, 0) is 22.4 Å². The van der Waals surface area contributed by atoms with E-state index in [1.165, 1.54) is 0 Å². The number of rotatable bonds is 8. The summed E-state index contributed by atoms with van der Waals surface area (Å²) in [5, 5.41) is 22.8. The summed E-state index contributed by atoms with van der Waals surface area (Å²) in [6.45, 7) is 0. The first kappa shape index (κ1) is 24.7. The minimum absolute atomic E-state index is 0. The van der Waals surface area contributed by atoms with Crippen molar-refractivity contribution in [2.24, 2.45) is 5.41 Å². The highest BCUT2D eigenvalue weighted by atomic mass is 16.2. The first-order valence-corrected chi connectivity index (χ1v) is 13.1. The molecule has 0 saturated heterocycles. The number of nitrogens with zero attached hydrogens (tertiary/aromatic N) is 6. The van der Waals surface area contributed by atoms with E-state index in [0.717, 1.165) is 37.1 Å². The van der Waals surface area contributed by atoms with Gasteiger partial charge < -0.3 is 10.6 Å². The van der Waals surface area contributed by atoms with E-state index in [0.29, 0.717) is 40.3 Å². The number of pyridine rings is 2. The van der Waals surface area contributed by atoms with Crippen molar-refractivity contribution in [1.29, 1.82) is 0 Å². The predicted molar refractivity (Wildman–Crippen MR) is 148 cm³/mol. The minimum Gasteiger partial charge on any atom is -0.309 e. The quantitative estimate of drug-likeness (QED) is 0.347. The van der Waals surface area contributed by atoms with E-state index in [4.69, 9.17) is 0 Å². The highest BCUT2D eigenvalue weighted by molar-refractivity contribution is 5.91. The maximum atomic E-state index is 12.2. The molecule has 39 heavy (non-hydrogen) atoms. The van der Waals surface area contributed by atoms with Gasteiger partial charge in [0.25, 0.3) is 0 Å². The third-order valence-electron chi connectivity index (χ3n) is 7.60. The van der Waals surface area contributed by atoms with Crippen molar-refractivity contribution < 1.29 is 12.4 Å². The van der Waals surface area contributed by atoms with Crippen LogP contribution in [0.25, 0.3) is 0 Å². The summed E-state index contributed by atoms with van der Waals surface area (Å²) < 4.78 is 0. The Balaban J connectivity index is 0.00000194. The van der Waals surface area contributed by atoms with E-state index < -0.39 is 0 Å². The first-order chi connectivity index (χ1) is 19.0. The molecule has 0 radical (unpaired) electrons. The summed E-state index contributed by atoms with van der Waals surface area (Å²) in [5.41, 5.74) is 3.70. The second-order valence-electron chi connectivity index (χ2n) is 10.5. The molecule has 2 saturated carbocycles. The molecule has 2 amide bonds. The van der Waals surface area contributed by atoms with E-state index in [9.17, 15) is 9.59 Å². The zero-order valence-electron chi connectivity index (χ0n) is 21.3. The van der Waals surface area contributed by atoms with Crippen LogP contribution in [0.15, 0.2) is 73.1 Å². The smallest absolute Gasteiger partial charge is 0.231 e. The van der Waals surface area contributed by atoms with Crippen molar-refractivity contribution >= 4 is 23.5 Å². The molecule has 4 aromatic rings. The molecule has 200 valence electrons. The van der Waals surface area contributed by atoms with E-state index in [2.05, 4.69) is 41.0 Å². The van der Waals surface area contributed by atoms with Gasteiger partial charge in [-0.3, -0.25) is 19.6 Å². The molecule has 2 aliphatic rings. The molecule has 2 aliphatic carbocycles. The van der Waals surface area contributed by atoms with Crippen molar-refractivity contribution in [1.82, 2.24) is 30.4 Å². The highest BCUT2D eigenvalue weighted by Gasteiger charge is 2.54. The molecule has 0 unspecified atom stereocenters. The Labute approximate surface area is 228 Å². The lowest BCUT2D eigenvalue weighted by Gasteiger charge is -2.57. The van der Waals surface area contributed by atoms with Crippen LogP contribution >= 0.6 is 0 Å². The molecule has 2 fully saturated rings. The Morgan fingerprint density at radius 3 is 1.49 bits per heavy atom. The van der Waals surface area contributed by atoms with Gasteiger partial charge in [-0.05, 0) is 79.6 Å². The molecule has 0 aliphatic heterocycles. The maximum absolute atomic E-state index is 12.2. The summed E-state index contributed by atoms with van der Waals surface area (Å²) in [6, 6.07) is 18.6. The van der Waals surface area contributed by atoms with Gasteiger partial charge in [0.05, 0.1) is 24.2 Å². The van der Waals surface area contributed by atoms with E-state index in [-0.39, 0.29) is 27.5 Å². The predicted octanol–water partition coefficient (Wildman–Crippen LogP) is 4.35. The number of hydrogen-bond acceptors (Lipinski definition) is 8. The zero-order chi connectivity index (χ0) is 26.7. The molecule has 6 rings (SSSR count). The Morgan fingerprint density at radius 1 is 0.667 bits per heavy atom. The van der Waals surface area contributed by atoms with Gasteiger partial charge in [-0.1, -0.05) is 12.1 Å². The third kappa shape index (κ3) is 5.79. The van der Waals surface area contributed by atoms with Crippen LogP contribution in [0.1, 0.15) is 63.1 Å². The number of aromatic nitrogens is 6. The van der Waals surface area contributed by atoms with Gasteiger partial charge in [-0.25, -0.2) is 0 Å². The summed E-state index contributed by atoms with van der Waals surface area (Å²) in [7, 11) is 0. The summed E-state index contributed by atoms with van der Waals surface area (Å²) in [4.78, 5) is 32.8. The standard InChI is InChI=1S/C29H28N8O2.2H2/c38-27(13-21-5-1-3-11-30-21)32-25-9-7-23(34-36-25)19-15-29(16-19)17-20(18-29)24-8-10-26(37-35-24)33-28(39)14-22-6-2-4-12-31-22;;/h1-12,19-20H,13-18H2,(H,32,36,38)(H,33,37,39);2*1H. The minimum atomic E-state index is -0.165. The Kier molecular flexibility index (Phi) is 6.75. The van der Waals surface area contributed by atoms with Crippen molar-refractivity contribution in [2.75, 3.05) is 10.6 Å². The summed E-state index contributed by atoms with van der Waals surface area (Å²) in [6.07, 6.45) is 8.07. The molecule has 0 bridgehead atoms. The van der Waals surface area contributed by atoms with Crippen molar-refractivity contribution in [2.45, 2.75) is 50.4 Å². The van der Waals surface area contributed by atoms with Crippen LogP contribution in [0.2, 0.25) is 0 Å². The van der Waals surface area contributed by atoms with Crippen LogP contribution in [0.5, 0.6) is 0 Å². The summed E-state index contributed by atoms with van der Waals surface area (Å²) in [5.74, 6) is 1.35. The fourth-order valence-corrected chi connectivity index (χ4v) is 5.69. The van der Waals surface area contributed by atoms with Gasteiger partial charge in [-0.2, -0.15) is 10.2 Å². The van der Waals surface area contributed by atoms with Crippen LogP contribution in [0.3, 0.4) is 0 Å². The second-order valence-corrected chi connectivity index (χ2v) is 10.5. The van der Waals surface area contributed by atoms with Crippen molar-refractivity contribution in [3.05, 3.63) is 95.8 Å². The molecule has 10 heteroatoms. The SMILES string of the molecule is O=C(Cc1ccccn1)Nc1ccc(C2CC3(C2)CC(c2ccc(NC(=O)Cc4ccccn4)nn2)C3)nn1.[HH].[HH]. The molecule has 4 heterocycles. The molecular weight excluding hydrogens is 492 g/mol. The van der Waals surface area contributed by atoms with Crippen LogP contribution in [0.4, 0.5) is 11.6 Å². The van der Waals surface area contributed by atoms with Crippen LogP contribution in [0, 0.1) is 5.41 Å². The number of anilines is 2. The van der Waals surface area contributed by atoms with E-state index in [1.807, 2.05) is 60.7 Å². The van der Waals surface area contributed by atoms with E-state index >= 15 is 0 Å². The monoisotopic (exact) mass is 524 g/mol. The highest BCUT2D eigenvalue weighted by Crippen LogP contribution is 2.66. The Bertz CT molecular complexity index is 1330. The van der Waals surface area contributed by atoms with Gasteiger partial charge in [0.2, 0.25) is 11.8 Å². The fraction of sp³-hybridized carbons (Fsp3) is 0.310. The maximum Gasteiger partial charge on any atom is 0.231 e. The van der Waals surface area contributed by atoms with Crippen LogP contribution < -0.4 is 10.6 Å². The Morgan fingerprint density at radius 2 is 1.13 bits per heavy atom. The number of carbonyl (C=O) groups excluding carboxylic acids is 2. The average molecular weight is 525 g/mol. The molecule has 10 nitrogen and oxygen atoms in total. The molecule has 4 aromatic heterocycles. The van der Waals surface area contributed by atoms with Crippen LogP contribution in [-0.4, -0.2) is 42.2 Å². The van der Waals surface area contributed by atoms with Gasteiger partial charge in [0, 0.05) is 38.5 Å². The summed E-state index contributed by atoms with van der Waals surface area (Å²) >= 11 is 0. The number of hydrogen-bond donors (Lipinski definition) is 2. The normalized spacial score (nSPS) is 21.4. The molecule has 0 atom stereocenters. The van der Waals surface area contributed by atoms with Crippen molar-refractivity contribution in [3.63, 3.8) is 0 Å². The van der Waals surface area contributed by atoms with Crippen molar-refractivity contribution in [3.8, 4) is 0 Å². The lowest BCUT2D eigenvalue weighted by molar-refractivity contribution is -0.116. The second kappa shape index (κ2) is 10.6. The van der Waals surface area contributed by atoms with E-state index in [1.54, 1.807) is 12.4 Å². The van der Waals surface area contributed by atoms with Gasteiger partial charge >= 0.3 is 0 Å². The lowest BCUT2D eigenvalue weighted by atomic mass is 9.47. The molecule has 2 N–H and O–H groups in total. The first-order valence-electron chi connectivity index (χ1n) is 13.1.